The van der Waals surface area contributed by atoms with E-state index in [-0.39, 0.29) is 13.0 Å². The van der Waals surface area contributed by atoms with Crippen LogP contribution in [-0.4, -0.2) is 38.3 Å². The summed E-state index contributed by atoms with van der Waals surface area (Å²) < 4.78 is 44.1. The molecule has 0 N–H and O–H groups in total. The van der Waals surface area contributed by atoms with Gasteiger partial charge in [0.2, 0.25) is 0 Å². The van der Waals surface area contributed by atoms with Gasteiger partial charge in [-0.1, -0.05) is 12.1 Å². The van der Waals surface area contributed by atoms with Gasteiger partial charge in [0.05, 0.1) is 36.5 Å². The summed E-state index contributed by atoms with van der Waals surface area (Å²) in [5, 5.41) is 4.46. The maximum absolute atomic E-state index is 15.1. The summed E-state index contributed by atoms with van der Waals surface area (Å²) in [6.45, 7) is 4.12. The summed E-state index contributed by atoms with van der Waals surface area (Å²) >= 11 is 0. The fourth-order valence-corrected chi connectivity index (χ4v) is 5.34. The Morgan fingerprint density at radius 1 is 1.20 bits per heavy atom. The number of hydrogen-bond acceptors (Lipinski definition) is 5. The first kappa shape index (κ1) is 22.2. The van der Waals surface area contributed by atoms with Crippen molar-refractivity contribution < 1.29 is 17.9 Å². The maximum atomic E-state index is 15.1. The van der Waals surface area contributed by atoms with Gasteiger partial charge in [0.1, 0.15) is 0 Å². The van der Waals surface area contributed by atoms with Gasteiger partial charge in [-0.05, 0) is 47.4 Å². The molecule has 2 aliphatic heterocycles. The smallest absolute Gasteiger partial charge is 0.408 e. The number of fused-ring (bicyclic) bond motifs is 2. The van der Waals surface area contributed by atoms with Crippen LogP contribution in [0, 0.1) is 6.92 Å². The van der Waals surface area contributed by atoms with Crippen molar-refractivity contribution in [2.45, 2.75) is 44.9 Å². The number of hydrogen-bond donors (Lipinski definition) is 0. The maximum Gasteiger partial charge on any atom is 0.419 e. The van der Waals surface area contributed by atoms with E-state index in [2.05, 4.69) is 10.00 Å². The molecule has 1 saturated heterocycles. The highest BCUT2D eigenvalue weighted by Crippen LogP contribution is 2.43. The van der Waals surface area contributed by atoms with E-state index in [1.54, 1.807) is 24.0 Å². The number of alkyl halides is 2. The molecule has 0 saturated carbocycles. The van der Waals surface area contributed by atoms with Crippen molar-refractivity contribution in [1.82, 2.24) is 19.2 Å². The third kappa shape index (κ3) is 3.79. The summed E-state index contributed by atoms with van der Waals surface area (Å²) in [4.78, 5) is 13.9. The molecule has 35 heavy (non-hydrogen) atoms. The number of likely N-dealkylation sites (tertiary alicyclic amines) is 1. The molecule has 2 aliphatic rings. The van der Waals surface area contributed by atoms with Crippen molar-refractivity contribution >= 4 is 11.1 Å². The van der Waals surface area contributed by atoms with Gasteiger partial charge in [0.15, 0.2) is 5.58 Å². The minimum absolute atomic E-state index is 0.177. The molecule has 2 aromatic carbocycles. The quantitative estimate of drug-likeness (QED) is 0.436. The molecule has 0 spiro atoms. The fourth-order valence-electron chi connectivity index (χ4n) is 5.34. The molecule has 182 valence electrons. The Labute approximate surface area is 200 Å². The van der Waals surface area contributed by atoms with Crippen molar-refractivity contribution in [2.24, 2.45) is 7.05 Å². The van der Waals surface area contributed by atoms with Gasteiger partial charge in [0, 0.05) is 44.9 Å². The molecule has 0 radical (unpaired) electrons. The third-order valence-corrected chi connectivity index (χ3v) is 7.41. The highest BCUT2D eigenvalue weighted by atomic mass is 19.3. The lowest BCUT2D eigenvalue weighted by Gasteiger charge is -2.39. The van der Waals surface area contributed by atoms with Gasteiger partial charge in [0.25, 0.3) is 5.92 Å². The second-order valence-corrected chi connectivity index (χ2v) is 9.58. The fraction of sp³-hybridized carbons (Fsp3) is 0.385. The molecule has 4 heterocycles. The van der Waals surface area contributed by atoms with Crippen molar-refractivity contribution in [3.8, 4) is 5.69 Å². The van der Waals surface area contributed by atoms with Gasteiger partial charge < -0.3 is 9.15 Å². The molecule has 6 rings (SSSR count). The van der Waals surface area contributed by atoms with Crippen LogP contribution < -0.4 is 5.76 Å². The number of aryl methyl sites for hydroxylation is 1. The van der Waals surface area contributed by atoms with Gasteiger partial charge in [-0.2, -0.15) is 5.10 Å². The van der Waals surface area contributed by atoms with E-state index < -0.39 is 17.6 Å². The Hall–Kier alpha value is -3.30. The first-order chi connectivity index (χ1) is 16.8. The Morgan fingerprint density at radius 3 is 2.91 bits per heavy atom. The predicted molar refractivity (Wildman–Crippen MR) is 126 cm³/mol. The van der Waals surface area contributed by atoms with Crippen molar-refractivity contribution in [2.75, 3.05) is 13.1 Å². The zero-order chi connectivity index (χ0) is 24.3. The predicted octanol–water partition coefficient (Wildman–Crippen LogP) is 4.28. The first-order valence-corrected chi connectivity index (χ1v) is 11.7. The number of halogens is 2. The summed E-state index contributed by atoms with van der Waals surface area (Å²) in [5.41, 5.74) is 6.74. The average Bonchev–Trinajstić information content (AvgIpc) is 3.56. The summed E-state index contributed by atoms with van der Waals surface area (Å²) in [6, 6.07) is 9.22. The van der Waals surface area contributed by atoms with Crippen molar-refractivity contribution in [3.05, 3.63) is 81.1 Å². The van der Waals surface area contributed by atoms with E-state index in [0.29, 0.717) is 37.4 Å². The van der Waals surface area contributed by atoms with E-state index in [4.69, 9.17) is 9.15 Å². The summed E-state index contributed by atoms with van der Waals surface area (Å²) in [7, 11) is 1.66. The lowest BCUT2D eigenvalue weighted by molar-refractivity contribution is -0.0774. The molecule has 9 heteroatoms. The minimum Gasteiger partial charge on any atom is -0.408 e. The summed E-state index contributed by atoms with van der Waals surface area (Å²) in [5.74, 6) is -4.03. The standard InChI is InChI=1S/C26H26F2N4O3/c1-16-20(5-3-18-14-34-15-21(16)18)22-13-31(8-7-26(22,27)28)11-17-10-29-32(12-17)19-4-6-24-23(9-19)30(2)25(33)35-24/h3-6,9-10,12,22H,7-8,11,13-15H2,1-2H3. The topological polar surface area (TPSA) is 65.4 Å². The molecular weight excluding hydrogens is 454 g/mol. The minimum atomic E-state index is -2.75. The molecule has 0 aliphatic carbocycles. The second-order valence-electron chi connectivity index (χ2n) is 9.58. The molecule has 0 bridgehead atoms. The van der Waals surface area contributed by atoms with Crippen LogP contribution in [-0.2, 0) is 31.5 Å². The number of rotatable bonds is 4. The highest BCUT2D eigenvalue weighted by molar-refractivity contribution is 5.75. The molecule has 4 aromatic rings. The van der Waals surface area contributed by atoms with E-state index in [9.17, 15) is 4.79 Å². The molecule has 1 fully saturated rings. The van der Waals surface area contributed by atoms with Crippen molar-refractivity contribution in [3.63, 3.8) is 0 Å². The SMILES string of the molecule is Cc1c(C2CN(Cc3cnn(-c4ccc5oc(=O)n(C)c5c4)c3)CCC2(F)F)ccc2c1COC2. The van der Waals surface area contributed by atoms with E-state index in [1.165, 1.54) is 4.57 Å². The normalized spacial score (nSPS) is 19.9. The van der Waals surface area contributed by atoms with Gasteiger partial charge in [-0.25, -0.2) is 18.3 Å². The number of ether oxygens (including phenoxy) is 1. The van der Waals surface area contributed by atoms with Crippen LogP contribution >= 0.6 is 0 Å². The Bertz CT molecular complexity index is 1490. The Balaban J connectivity index is 1.23. The average molecular weight is 481 g/mol. The Morgan fingerprint density at radius 2 is 2.06 bits per heavy atom. The number of piperidine rings is 1. The van der Waals surface area contributed by atoms with Crippen molar-refractivity contribution in [1.29, 1.82) is 0 Å². The van der Waals surface area contributed by atoms with E-state index in [1.807, 2.05) is 37.4 Å². The largest absolute Gasteiger partial charge is 0.419 e. The monoisotopic (exact) mass is 480 g/mol. The second kappa shape index (κ2) is 8.13. The molecule has 0 amide bonds. The zero-order valence-corrected chi connectivity index (χ0v) is 19.6. The van der Waals surface area contributed by atoms with Gasteiger partial charge in [-0.3, -0.25) is 9.47 Å². The number of oxazole rings is 1. The van der Waals surface area contributed by atoms with E-state index in [0.717, 1.165) is 33.5 Å². The van der Waals surface area contributed by atoms with Crippen LogP contribution in [0.25, 0.3) is 16.8 Å². The molecule has 1 atom stereocenters. The summed E-state index contributed by atoms with van der Waals surface area (Å²) in [6.07, 6.45) is 3.49. The van der Waals surface area contributed by atoms with Gasteiger partial charge >= 0.3 is 5.76 Å². The number of aromatic nitrogens is 3. The lowest BCUT2D eigenvalue weighted by Crippen LogP contribution is -2.45. The molecule has 2 aromatic heterocycles. The number of nitrogens with zero attached hydrogens (tertiary/aromatic N) is 4. The van der Waals surface area contributed by atoms with Crippen LogP contribution in [0.2, 0.25) is 0 Å². The van der Waals surface area contributed by atoms with Crippen LogP contribution in [0.3, 0.4) is 0 Å². The molecule has 1 unspecified atom stereocenters. The lowest BCUT2D eigenvalue weighted by atomic mass is 9.82. The van der Waals surface area contributed by atoms with E-state index >= 15 is 8.78 Å². The van der Waals surface area contributed by atoms with Crippen LogP contribution in [0.15, 0.2) is 51.9 Å². The Kier molecular flexibility index (Phi) is 5.16. The molecular formula is C26H26F2N4O3. The van der Waals surface area contributed by atoms with Crippen LogP contribution in [0.1, 0.15) is 40.2 Å². The third-order valence-electron chi connectivity index (χ3n) is 7.41. The first-order valence-electron chi connectivity index (χ1n) is 11.7. The molecule has 7 nitrogen and oxygen atoms in total. The highest BCUT2D eigenvalue weighted by Gasteiger charge is 2.45. The number of benzene rings is 2. The zero-order valence-electron chi connectivity index (χ0n) is 19.6. The van der Waals surface area contributed by atoms with Gasteiger partial charge in [-0.15, -0.1) is 0 Å². The van der Waals surface area contributed by atoms with Crippen LogP contribution in [0.4, 0.5) is 8.78 Å². The van der Waals surface area contributed by atoms with Crippen LogP contribution in [0.5, 0.6) is 0 Å².